The molecule has 0 amide bonds. The van der Waals surface area contributed by atoms with E-state index in [9.17, 15) is 0 Å². The third kappa shape index (κ3) is 6.66. The molecule has 2 aliphatic rings. The maximum Gasteiger partial charge on any atom is 0.115 e. The predicted octanol–water partition coefficient (Wildman–Crippen LogP) is 5.84. The van der Waals surface area contributed by atoms with Crippen molar-refractivity contribution in [1.82, 2.24) is 0 Å². The van der Waals surface area contributed by atoms with E-state index >= 15 is 0 Å². The van der Waals surface area contributed by atoms with Crippen LogP contribution in [0.2, 0.25) is 0 Å². The summed E-state index contributed by atoms with van der Waals surface area (Å²) in [5.74, 6) is 0.322. The Bertz CT molecular complexity index is 622. The van der Waals surface area contributed by atoms with E-state index in [1.807, 2.05) is 42.5 Å². The first kappa shape index (κ1) is 16.6. The summed E-state index contributed by atoms with van der Waals surface area (Å²) in [6, 6.07) is 20.7. The normalized spacial score (nSPS) is 14.1. The van der Waals surface area contributed by atoms with E-state index in [1.165, 1.54) is 11.1 Å². The Balaban J connectivity index is 0.000000131. The van der Waals surface area contributed by atoms with Crippen molar-refractivity contribution in [2.24, 2.45) is 0 Å². The maximum absolute atomic E-state index is 8.63. The highest BCUT2D eigenvalue weighted by molar-refractivity contribution is 5.44. The lowest BCUT2D eigenvalue weighted by Gasteiger charge is -1.99. The molecular weight excluding hydrogens is 280 g/mol. The first-order valence-electron chi connectivity index (χ1n) is 7.82. The van der Waals surface area contributed by atoms with Crippen molar-refractivity contribution >= 4 is 0 Å². The van der Waals surface area contributed by atoms with E-state index in [2.05, 4.69) is 36.5 Å². The summed E-state index contributed by atoms with van der Waals surface area (Å²) >= 11 is 0. The molecule has 0 atom stereocenters. The van der Waals surface area contributed by atoms with Crippen LogP contribution in [0.3, 0.4) is 0 Å². The third-order valence-corrected chi connectivity index (χ3v) is 3.38. The zero-order chi connectivity index (χ0) is 16.2. The van der Waals surface area contributed by atoms with Gasteiger partial charge in [-0.2, -0.15) is 0 Å². The first-order chi connectivity index (χ1) is 11.4. The second kappa shape index (κ2) is 10.0. The van der Waals surface area contributed by atoms with Gasteiger partial charge >= 0.3 is 0 Å². The number of hydrogen-bond donors (Lipinski definition) is 1. The monoisotopic (exact) mass is 302 g/mol. The van der Waals surface area contributed by atoms with Gasteiger partial charge in [-0.25, -0.2) is 0 Å². The number of para-hydroxylation sites is 1. The number of phenolic OH excluding ortho intramolecular Hbond substituents is 1. The molecule has 1 heteroatoms. The molecule has 2 aromatic carbocycles. The smallest absolute Gasteiger partial charge is 0.115 e. The fourth-order valence-corrected chi connectivity index (χ4v) is 2.18. The standard InChI is InChI=1S/C10H10.C6H6O.C6H6/c1-2-6-9(5-1)10-7-3-4-8-10;7-6-4-2-1-3-5-6;1-2-4-6-5-3-1/h1-5,7H,6,8H2;1-5,7H;1-6H. The Kier molecular flexibility index (Phi) is 7.21. The number of benzene rings is 2. The second-order valence-electron chi connectivity index (χ2n) is 5.14. The molecule has 0 aliphatic heterocycles. The molecule has 23 heavy (non-hydrogen) atoms. The zero-order valence-corrected chi connectivity index (χ0v) is 13.2. The number of hydrogen-bond acceptors (Lipinski definition) is 1. The Hall–Kier alpha value is -2.80. The highest BCUT2D eigenvalue weighted by Crippen LogP contribution is 2.25. The van der Waals surface area contributed by atoms with Crippen LogP contribution in [0, 0.1) is 0 Å². The molecule has 0 saturated heterocycles. The molecule has 2 aliphatic carbocycles. The number of aromatic hydroxyl groups is 1. The highest BCUT2D eigenvalue weighted by Gasteiger charge is 2.05. The lowest BCUT2D eigenvalue weighted by molar-refractivity contribution is 0.475. The molecule has 2 aromatic rings. The topological polar surface area (TPSA) is 20.2 Å². The van der Waals surface area contributed by atoms with Crippen molar-refractivity contribution in [2.75, 3.05) is 0 Å². The van der Waals surface area contributed by atoms with Crippen LogP contribution in [0.15, 0.2) is 114 Å². The maximum atomic E-state index is 8.63. The molecule has 0 fully saturated rings. The van der Waals surface area contributed by atoms with E-state index < -0.39 is 0 Å². The van der Waals surface area contributed by atoms with Gasteiger partial charge in [0.05, 0.1) is 0 Å². The fourth-order valence-electron chi connectivity index (χ4n) is 2.18. The average Bonchev–Trinajstić information content (AvgIpc) is 3.32. The summed E-state index contributed by atoms with van der Waals surface area (Å²) in [4.78, 5) is 0. The van der Waals surface area contributed by atoms with Crippen LogP contribution < -0.4 is 0 Å². The van der Waals surface area contributed by atoms with Crippen molar-refractivity contribution in [3.63, 3.8) is 0 Å². The lowest BCUT2D eigenvalue weighted by atomic mass is 10.1. The zero-order valence-electron chi connectivity index (χ0n) is 13.2. The largest absolute Gasteiger partial charge is 0.508 e. The van der Waals surface area contributed by atoms with Gasteiger partial charge in [0.25, 0.3) is 0 Å². The first-order valence-corrected chi connectivity index (χ1v) is 7.82. The number of phenols is 1. The van der Waals surface area contributed by atoms with Gasteiger partial charge in [0.15, 0.2) is 0 Å². The Morgan fingerprint density at radius 3 is 1.22 bits per heavy atom. The SMILES string of the molecule is C1=CCC(C2=CC=CC2)=C1.Oc1ccccc1.c1ccccc1. The van der Waals surface area contributed by atoms with Crippen molar-refractivity contribution in [2.45, 2.75) is 12.8 Å². The molecule has 0 aromatic heterocycles. The van der Waals surface area contributed by atoms with Crippen molar-refractivity contribution in [1.29, 1.82) is 0 Å². The molecule has 0 radical (unpaired) electrons. The molecule has 0 heterocycles. The minimum Gasteiger partial charge on any atom is -0.508 e. The van der Waals surface area contributed by atoms with Gasteiger partial charge in [0.1, 0.15) is 5.75 Å². The van der Waals surface area contributed by atoms with Crippen molar-refractivity contribution in [3.05, 3.63) is 114 Å². The number of allylic oxidation sites excluding steroid dienone is 8. The Morgan fingerprint density at radius 1 is 0.565 bits per heavy atom. The second-order valence-corrected chi connectivity index (χ2v) is 5.14. The molecule has 0 unspecified atom stereocenters. The van der Waals surface area contributed by atoms with Crippen molar-refractivity contribution < 1.29 is 5.11 Å². The molecule has 1 N–H and O–H groups in total. The van der Waals surface area contributed by atoms with Crippen LogP contribution in [-0.2, 0) is 0 Å². The van der Waals surface area contributed by atoms with E-state index in [-0.39, 0.29) is 0 Å². The summed E-state index contributed by atoms with van der Waals surface area (Å²) in [5.41, 5.74) is 2.98. The van der Waals surface area contributed by atoms with Gasteiger partial charge in [-0.15, -0.1) is 0 Å². The highest BCUT2D eigenvalue weighted by atomic mass is 16.3. The van der Waals surface area contributed by atoms with E-state index in [1.54, 1.807) is 24.3 Å². The van der Waals surface area contributed by atoms with E-state index in [4.69, 9.17) is 5.11 Å². The minimum absolute atomic E-state index is 0.322. The van der Waals surface area contributed by atoms with Crippen LogP contribution in [-0.4, -0.2) is 5.11 Å². The average molecular weight is 302 g/mol. The molecule has 0 saturated carbocycles. The van der Waals surface area contributed by atoms with Crippen LogP contribution in [0.1, 0.15) is 12.8 Å². The van der Waals surface area contributed by atoms with Gasteiger partial charge in [0.2, 0.25) is 0 Å². The molecule has 116 valence electrons. The molecule has 1 nitrogen and oxygen atoms in total. The van der Waals surface area contributed by atoms with Gasteiger partial charge in [-0.05, 0) is 36.1 Å². The van der Waals surface area contributed by atoms with Crippen LogP contribution in [0.25, 0.3) is 0 Å². The van der Waals surface area contributed by atoms with E-state index in [0.29, 0.717) is 5.75 Å². The number of rotatable bonds is 1. The molecular formula is C22H22O. The predicted molar refractivity (Wildman–Crippen MR) is 98.2 cm³/mol. The third-order valence-electron chi connectivity index (χ3n) is 3.38. The van der Waals surface area contributed by atoms with Crippen LogP contribution in [0.5, 0.6) is 5.75 Å². The summed E-state index contributed by atoms with van der Waals surface area (Å²) in [6.07, 6.45) is 15.4. The van der Waals surface area contributed by atoms with Gasteiger partial charge in [-0.1, -0.05) is 91.1 Å². The summed E-state index contributed by atoms with van der Waals surface area (Å²) in [5, 5.41) is 8.63. The molecule has 0 spiro atoms. The van der Waals surface area contributed by atoms with Crippen LogP contribution >= 0.6 is 0 Å². The molecule has 0 bridgehead atoms. The molecule has 4 rings (SSSR count). The minimum atomic E-state index is 0.322. The van der Waals surface area contributed by atoms with Gasteiger partial charge in [0, 0.05) is 0 Å². The summed E-state index contributed by atoms with van der Waals surface area (Å²) in [7, 11) is 0. The van der Waals surface area contributed by atoms with Crippen LogP contribution in [0.4, 0.5) is 0 Å². The fraction of sp³-hybridized carbons (Fsp3) is 0.0909. The summed E-state index contributed by atoms with van der Waals surface area (Å²) in [6.45, 7) is 0. The Labute approximate surface area is 138 Å². The Morgan fingerprint density at radius 2 is 0.957 bits per heavy atom. The lowest BCUT2D eigenvalue weighted by Crippen LogP contribution is -1.80. The van der Waals surface area contributed by atoms with E-state index in [0.717, 1.165) is 12.8 Å². The van der Waals surface area contributed by atoms with Gasteiger partial charge in [-0.3, -0.25) is 0 Å². The van der Waals surface area contributed by atoms with Gasteiger partial charge < -0.3 is 5.11 Å². The quantitative estimate of drug-likeness (QED) is 0.702. The van der Waals surface area contributed by atoms with Crippen molar-refractivity contribution in [3.8, 4) is 5.75 Å². The summed E-state index contributed by atoms with van der Waals surface area (Å²) < 4.78 is 0.